The van der Waals surface area contributed by atoms with Gasteiger partial charge in [0.25, 0.3) is 5.70 Å². The van der Waals surface area contributed by atoms with E-state index in [0.29, 0.717) is 28.2 Å². The zero-order valence-electron chi connectivity index (χ0n) is 13.8. The van der Waals surface area contributed by atoms with Gasteiger partial charge in [-0.2, -0.15) is 0 Å². The third kappa shape index (κ3) is 2.53. The number of pyridine rings is 2. The Morgan fingerprint density at radius 2 is 1.85 bits per heavy atom. The van der Waals surface area contributed by atoms with Crippen LogP contribution in [0.5, 0.6) is 5.75 Å². The third-order valence-electron chi connectivity index (χ3n) is 4.29. The van der Waals surface area contributed by atoms with Crippen LogP contribution in [0.3, 0.4) is 0 Å². The minimum atomic E-state index is -0.414. The van der Waals surface area contributed by atoms with Crippen LogP contribution in [0.25, 0.3) is 33.1 Å². The van der Waals surface area contributed by atoms with Crippen molar-refractivity contribution in [3.05, 3.63) is 83.0 Å². The second-order valence-electron chi connectivity index (χ2n) is 5.82. The molecule has 0 bridgehead atoms. The molecule has 6 nitrogen and oxygen atoms in total. The predicted molar refractivity (Wildman–Crippen MR) is 98.0 cm³/mol. The van der Waals surface area contributed by atoms with E-state index in [1.807, 2.05) is 0 Å². The molecule has 27 heavy (non-hydrogen) atoms. The smallest absolute Gasteiger partial charge is 0.273 e. The fourth-order valence-electron chi connectivity index (χ4n) is 3.04. The third-order valence-corrected chi connectivity index (χ3v) is 4.29. The van der Waals surface area contributed by atoms with Crippen LogP contribution in [0, 0.1) is 17.9 Å². The minimum Gasteiger partial charge on any atom is -0.508 e. The van der Waals surface area contributed by atoms with Gasteiger partial charge < -0.3 is 5.11 Å². The highest BCUT2D eigenvalue weighted by Crippen LogP contribution is 2.39. The Bertz CT molecular complexity index is 1200. The van der Waals surface area contributed by atoms with Crippen molar-refractivity contribution in [1.29, 1.82) is 5.26 Å². The van der Waals surface area contributed by atoms with E-state index < -0.39 is 5.78 Å². The van der Waals surface area contributed by atoms with E-state index in [-0.39, 0.29) is 17.0 Å². The van der Waals surface area contributed by atoms with Crippen LogP contribution in [0.1, 0.15) is 15.9 Å². The van der Waals surface area contributed by atoms with Crippen molar-refractivity contribution >= 4 is 11.4 Å². The molecular formula is C21H10N4O2. The number of benzene rings is 1. The quantitative estimate of drug-likeness (QED) is 0.409. The number of phenols is 1. The first kappa shape index (κ1) is 16.2. The number of aromatic hydroxyl groups is 1. The van der Waals surface area contributed by atoms with E-state index >= 15 is 0 Å². The number of aromatic nitrogens is 2. The van der Waals surface area contributed by atoms with Gasteiger partial charge in [0.05, 0.1) is 24.0 Å². The molecular weight excluding hydrogens is 340 g/mol. The van der Waals surface area contributed by atoms with Crippen molar-refractivity contribution in [2.75, 3.05) is 0 Å². The summed E-state index contributed by atoms with van der Waals surface area (Å²) < 4.78 is 0. The van der Waals surface area contributed by atoms with Crippen molar-refractivity contribution in [2.45, 2.75) is 0 Å². The van der Waals surface area contributed by atoms with Crippen LogP contribution >= 0.6 is 0 Å². The molecule has 1 aliphatic rings. The molecule has 0 saturated heterocycles. The maximum Gasteiger partial charge on any atom is 0.273 e. The monoisotopic (exact) mass is 350 g/mol. The van der Waals surface area contributed by atoms with Gasteiger partial charge in [0, 0.05) is 28.5 Å². The van der Waals surface area contributed by atoms with E-state index in [4.69, 9.17) is 6.57 Å². The zero-order valence-corrected chi connectivity index (χ0v) is 13.8. The van der Waals surface area contributed by atoms with E-state index in [1.54, 1.807) is 60.8 Å². The molecule has 0 aliphatic heterocycles. The number of hydrogen-bond acceptors (Lipinski definition) is 5. The van der Waals surface area contributed by atoms with Crippen LogP contribution in [-0.4, -0.2) is 20.9 Å². The lowest BCUT2D eigenvalue weighted by atomic mass is 9.85. The van der Waals surface area contributed by atoms with Crippen molar-refractivity contribution in [3.8, 4) is 34.5 Å². The summed E-state index contributed by atoms with van der Waals surface area (Å²) in [4.78, 5) is 25.1. The number of nitriles is 1. The summed E-state index contributed by atoms with van der Waals surface area (Å²) in [5.41, 5.74) is 2.79. The van der Waals surface area contributed by atoms with Crippen LogP contribution in [0.4, 0.5) is 0 Å². The molecule has 0 atom stereocenters. The molecule has 1 aliphatic carbocycles. The number of phenolic OH excluding ortho intramolecular Hbond substituents is 1. The van der Waals surface area contributed by atoms with Gasteiger partial charge >= 0.3 is 0 Å². The summed E-state index contributed by atoms with van der Waals surface area (Å²) in [7, 11) is 0. The maximum atomic E-state index is 13.0. The first-order valence-electron chi connectivity index (χ1n) is 7.96. The molecule has 0 radical (unpaired) electrons. The second-order valence-corrected chi connectivity index (χ2v) is 5.82. The average Bonchev–Trinajstić information content (AvgIpc) is 2.71. The largest absolute Gasteiger partial charge is 0.508 e. The summed E-state index contributed by atoms with van der Waals surface area (Å²) in [5.74, 6) is -0.264. The highest BCUT2D eigenvalue weighted by Gasteiger charge is 2.32. The summed E-state index contributed by atoms with van der Waals surface area (Å²) in [6, 6.07) is 15.0. The number of fused-ring (bicyclic) bond motifs is 3. The molecule has 4 rings (SSSR count). The molecule has 0 saturated carbocycles. The van der Waals surface area contributed by atoms with Gasteiger partial charge in [-0.05, 0) is 42.5 Å². The second kappa shape index (κ2) is 6.21. The van der Waals surface area contributed by atoms with E-state index in [9.17, 15) is 15.2 Å². The Balaban J connectivity index is 1.98. The molecule has 0 spiro atoms. The first-order chi connectivity index (χ1) is 13.1. The van der Waals surface area contributed by atoms with Crippen LogP contribution < -0.4 is 0 Å². The van der Waals surface area contributed by atoms with Crippen LogP contribution in [0.2, 0.25) is 0 Å². The number of carbonyl (C=O) groups is 1. The normalized spacial score (nSPS) is 13.8. The molecule has 3 aromatic rings. The highest BCUT2D eigenvalue weighted by atomic mass is 16.3. The van der Waals surface area contributed by atoms with Gasteiger partial charge in [-0.25, -0.2) is 15.1 Å². The summed E-state index contributed by atoms with van der Waals surface area (Å²) >= 11 is 0. The van der Waals surface area contributed by atoms with Gasteiger partial charge in [-0.1, -0.05) is 6.07 Å². The minimum absolute atomic E-state index is 0.0577. The molecule has 126 valence electrons. The van der Waals surface area contributed by atoms with E-state index in [0.717, 1.165) is 5.56 Å². The van der Waals surface area contributed by atoms with Crippen molar-refractivity contribution < 1.29 is 9.90 Å². The number of ketones is 1. The first-order valence-corrected chi connectivity index (χ1v) is 7.96. The lowest BCUT2D eigenvalue weighted by Crippen LogP contribution is -2.15. The van der Waals surface area contributed by atoms with Crippen LogP contribution in [-0.2, 0) is 0 Å². The van der Waals surface area contributed by atoms with Gasteiger partial charge in [0.1, 0.15) is 11.4 Å². The van der Waals surface area contributed by atoms with Gasteiger partial charge in [0.15, 0.2) is 5.78 Å². The Morgan fingerprint density at radius 1 is 1.07 bits per heavy atom. The lowest BCUT2D eigenvalue weighted by Gasteiger charge is -2.20. The predicted octanol–water partition coefficient (Wildman–Crippen LogP) is 3.87. The fraction of sp³-hybridized carbons (Fsp3) is 0. The van der Waals surface area contributed by atoms with Gasteiger partial charge in [0.2, 0.25) is 0 Å². The van der Waals surface area contributed by atoms with Gasteiger partial charge in [-0.15, -0.1) is 0 Å². The number of carbonyl (C=O) groups excluding carboxylic acids is 1. The number of hydrogen-bond donors (Lipinski definition) is 1. The Morgan fingerprint density at radius 3 is 2.56 bits per heavy atom. The summed E-state index contributed by atoms with van der Waals surface area (Å²) in [5, 5.41) is 18.7. The fourth-order valence-corrected chi connectivity index (χ4v) is 3.04. The lowest BCUT2D eigenvalue weighted by molar-refractivity contribution is 0.105. The van der Waals surface area contributed by atoms with E-state index in [2.05, 4.69) is 14.8 Å². The summed E-state index contributed by atoms with van der Waals surface area (Å²) in [6.45, 7) is 7.21. The number of nitrogens with zero attached hydrogens (tertiary/aromatic N) is 4. The molecule has 1 aromatic carbocycles. The molecule has 6 heteroatoms. The Hall–Kier alpha value is -4.29. The maximum absolute atomic E-state index is 13.0. The zero-order chi connectivity index (χ0) is 19.0. The number of rotatable bonds is 1. The Kier molecular flexibility index (Phi) is 3.73. The highest BCUT2D eigenvalue weighted by molar-refractivity contribution is 6.35. The van der Waals surface area contributed by atoms with Gasteiger partial charge in [-0.3, -0.25) is 9.78 Å². The number of Topliss-reactive ketones (excluding diaryl/α,β-unsaturated/α-hetero) is 1. The molecule has 0 unspecified atom stereocenters. The molecule has 2 aromatic heterocycles. The molecule has 0 fully saturated rings. The molecule has 2 heterocycles. The molecule has 0 amide bonds. The standard InChI is InChI=1S/C21H10N4O2/c1-23-17(11-22)18-14-3-2-10-24-19(14)20-15(21(18)27)8-9-16(25-20)12-4-6-13(26)7-5-12/h2-10,26H/b18-17-. The number of allylic oxidation sites excluding steroid dienone is 2. The SMILES string of the molecule is [C-]#[N+]/C(C#N)=C1\C(=O)c2ccc(-c3ccc(O)cc3)nc2-c2ncccc21. The molecule has 1 N–H and O–H groups in total. The Labute approximate surface area is 154 Å². The van der Waals surface area contributed by atoms with Crippen LogP contribution in [0.15, 0.2) is 60.4 Å². The van der Waals surface area contributed by atoms with Crippen molar-refractivity contribution in [1.82, 2.24) is 9.97 Å². The summed E-state index contributed by atoms with van der Waals surface area (Å²) in [6.07, 6.45) is 1.58. The van der Waals surface area contributed by atoms with Crippen molar-refractivity contribution in [2.24, 2.45) is 0 Å². The topological polar surface area (TPSA) is 91.2 Å². The van der Waals surface area contributed by atoms with Crippen molar-refractivity contribution in [3.63, 3.8) is 0 Å². The average molecular weight is 350 g/mol. The van der Waals surface area contributed by atoms with E-state index in [1.165, 1.54) is 0 Å².